The molecule has 122 valence electrons. The topological polar surface area (TPSA) is 20.2 Å². The van der Waals surface area contributed by atoms with Crippen molar-refractivity contribution < 1.29 is 31.4 Å². The van der Waals surface area contributed by atoms with E-state index >= 15 is 0 Å². The summed E-state index contributed by atoms with van der Waals surface area (Å²) in [6, 6.07) is 0. The molecule has 1 nitrogen and oxygen atoms in total. The fourth-order valence-electron chi connectivity index (χ4n) is 2.04. The normalized spacial score (nSPS) is 15.8. The molecule has 0 aromatic carbocycles. The minimum Gasteiger partial charge on any atom is -0.374 e. The molecule has 1 unspecified atom stereocenters. The Kier molecular flexibility index (Phi) is 6.84. The van der Waals surface area contributed by atoms with E-state index in [1.54, 1.807) is 0 Å². The summed E-state index contributed by atoms with van der Waals surface area (Å²) < 4.78 is 74.9. The zero-order valence-corrected chi connectivity index (χ0v) is 11.9. The number of aliphatic hydroxyl groups is 1. The SMILES string of the molecule is CC(C)CCCCC(C)CC(O)(C(F)(F)F)C(F)(F)F. The van der Waals surface area contributed by atoms with Gasteiger partial charge in [-0.15, -0.1) is 0 Å². The van der Waals surface area contributed by atoms with Crippen molar-refractivity contribution in [2.75, 3.05) is 0 Å². The van der Waals surface area contributed by atoms with E-state index in [4.69, 9.17) is 5.11 Å². The molecule has 7 heteroatoms. The van der Waals surface area contributed by atoms with E-state index < -0.39 is 30.3 Å². The molecule has 0 aromatic heterocycles. The zero-order valence-electron chi connectivity index (χ0n) is 11.9. The van der Waals surface area contributed by atoms with Crippen molar-refractivity contribution in [3.05, 3.63) is 0 Å². The van der Waals surface area contributed by atoms with Crippen LogP contribution in [0, 0.1) is 11.8 Å². The lowest BCUT2D eigenvalue weighted by Gasteiger charge is -2.34. The number of rotatable bonds is 7. The molecule has 0 saturated carbocycles. The van der Waals surface area contributed by atoms with Crippen LogP contribution in [0.25, 0.3) is 0 Å². The van der Waals surface area contributed by atoms with Crippen molar-refractivity contribution in [1.29, 1.82) is 0 Å². The summed E-state index contributed by atoms with van der Waals surface area (Å²) >= 11 is 0. The molecule has 0 fully saturated rings. The van der Waals surface area contributed by atoms with Crippen LogP contribution in [0.5, 0.6) is 0 Å². The molecule has 0 aliphatic heterocycles. The van der Waals surface area contributed by atoms with Crippen LogP contribution >= 0.6 is 0 Å². The lowest BCUT2D eigenvalue weighted by Crippen LogP contribution is -2.57. The van der Waals surface area contributed by atoms with Crippen LogP contribution < -0.4 is 0 Å². The van der Waals surface area contributed by atoms with Gasteiger partial charge >= 0.3 is 12.4 Å². The van der Waals surface area contributed by atoms with Crippen LogP contribution in [0.1, 0.15) is 52.9 Å². The Labute approximate surface area is 115 Å². The predicted molar refractivity (Wildman–Crippen MR) is 64.1 cm³/mol. The van der Waals surface area contributed by atoms with E-state index in [2.05, 4.69) is 0 Å². The molecule has 0 bridgehead atoms. The summed E-state index contributed by atoms with van der Waals surface area (Å²) in [4.78, 5) is 0. The molecule has 20 heavy (non-hydrogen) atoms. The lowest BCUT2D eigenvalue weighted by atomic mass is 9.87. The Morgan fingerprint density at radius 2 is 1.20 bits per heavy atom. The molecule has 1 N–H and O–H groups in total. The smallest absolute Gasteiger partial charge is 0.374 e. The maximum Gasteiger partial charge on any atom is 0.426 e. The number of unbranched alkanes of at least 4 members (excludes halogenated alkanes) is 1. The summed E-state index contributed by atoms with van der Waals surface area (Å²) in [5, 5.41) is 9.05. The quantitative estimate of drug-likeness (QED) is 0.513. The van der Waals surface area contributed by atoms with Gasteiger partial charge in [-0.25, -0.2) is 0 Å². The van der Waals surface area contributed by atoms with E-state index in [-0.39, 0.29) is 6.42 Å². The maximum atomic E-state index is 12.5. The van der Waals surface area contributed by atoms with Gasteiger partial charge in [0, 0.05) is 0 Å². The van der Waals surface area contributed by atoms with Crippen molar-refractivity contribution in [1.82, 2.24) is 0 Å². The average Bonchev–Trinajstić information content (AvgIpc) is 2.20. The summed E-state index contributed by atoms with van der Waals surface area (Å²) in [5.41, 5.74) is -4.61. The molecule has 0 saturated heterocycles. The van der Waals surface area contributed by atoms with Gasteiger partial charge in [0.15, 0.2) is 0 Å². The third-order valence-electron chi connectivity index (χ3n) is 3.31. The number of alkyl halides is 6. The summed E-state index contributed by atoms with van der Waals surface area (Å²) in [6.45, 7) is 5.29. The van der Waals surface area contributed by atoms with E-state index in [9.17, 15) is 26.3 Å². The first kappa shape index (κ1) is 19.5. The Hall–Kier alpha value is -0.460. The van der Waals surface area contributed by atoms with Gasteiger partial charge in [-0.3, -0.25) is 0 Å². The van der Waals surface area contributed by atoms with Crippen molar-refractivity contribution in [2.45, 2.75) is 70.8 Å². The van der Waals surface area contributed by atoms with Gasteiger partial charge in [0.05, 0.1) is 0 Å². The van der Waals surface area contributed by atoms with Crippen molar-refractivity contribution in [3.8, 4) is 0 Å². The highest BCUT2D eigenvalue weighted by atomic mass is 19.4. The van der Waals surface area contributed by atoms with Gasteiger partial charge in [-0.1, -0.05) is 46.5 Å². The molecule has 0 aliphatic rings. The van der Waals surface area contributed by atoms with Crippen LogP contribution in [0.3, 0.4) is 0 Å². The second-order valence-electron chi connectivity index (χ2n) is 5.84. The number of hydrogen-bond acceptors (Lipinski definition) is 1. The first-order valence-electron chi connectivity index (χ1n) is 6.67. The highest BCUT2D eigenvalue weighted by molar-refractivity contribution is 4.94. The number of hydrogen-bond donors (Lipinski definition) is 1. The van der Waals surface area contributed by atoms with Gasteiger partial charge in [-0.2, -0.15) is 26.3 Å². The standard InChI is InChI=1S/C13H22F6O/c1-9(2)6-4-5-7-10(3)8-11(20,12(14,15)16)13(17,18)19/h9-10,20H,4-8H2,1-3H3. The molecule has 0 spiro atoms. The second-order valence-corrected chi connectivity index (χ2v) is 5.84. The average molecular weight is 308 g/mol. The maximum absolute atomic E-state index is 12.5. The second kappa shape index (κ2) is 7.00. The van der Waals surface area contributed by atoms with Crippen LogP contribution in [0.2, 0.25) is 0 Å². The Bertz CT molecular complexity index is 268. The molecule has 0 radical (unpaired) electrons. The van der Waals surface area contributed by atoms with Gasteiger partial charge in [0.2, 0.25) is 0 Å². The van der Waals surface area contributed by atoms with Crippen LogP contribution in [-0.2, 0) is 0 Å². The molecule has 0 amide bonds. The highest BCUT2D eigenvalue weighted by Crippen LogP contribution is 2.47. The third-order valence-corrected chi connectivity index (χ3v) is 3.31. The van der Waals surface area contributed by atoms with Crippen molar-refractivity contribution in [3.63, 3.8) is 0 Å². The van der Waals surface area contributed by atoms with Crippen molar-refractivity contribution in [2.24, 2.45) is 11.8 Å². The molecule has 0 rings (SSSR count). The molecule has 0 aliphatic carbocycles. The first-order valence-corrected chi connectivity index (χ1v) is 6.67. The van der Waals surface area contributed by atoms with E-state index in [0.717, 1.165) is 12.8 Å². The molecule has 1 atom stereocenters. The Morgan fingerprint density at radius 3 is 1.55 bits per heavy atom. The van der Waals surface area contributed by atoms with E-state index in [1.807, 2.05) is 13.8 Å². The fraction of sp³-hybridized carbons (Fsp3) is 1.00. The highest BCUT2D eigenvalue weighted by Gasteiger charge is 2.70. The lowest BCUT2D eigenvalue weighted by molar-refractivity contribution is -0.372. The largest absolute Gasteiger partial charge is 0.426 e. The summed E-state index contributed by atoms with van der Waals surface area (Å²) in [5.74, 6) is -0.400. The first-order chi connectivity index (χ1) is 8.81. The molecule has 0 heterocycles. The third kappa shape index (κ3) is 5.50. The van der Waals surface area contributed by atoms with Gasteiger partial charge in [-0.05, 0) is 18.3 Å². The van der Waals surface area contributed by atoms with E-state index in [0.29, 0.717) is 12.3 Å². The monoisotopic (exact) mass is 308 g/mol. The van der Waals surface area contributed by atoms with Crippen molar-refractivity contribution >= 4 is 0 Å². The summed E-state index contributed by atoms with van der Waals surface area (Å²) in [6.07, 6.45) is -10.3. The van der Waals surface area contributed by atoms with Crippen LogP contribution in [-0.4, -0.2) is 23.1 Å². The van der Waals surface area contributed by atoms with Gasteiger partial charge in [0.1, 0.15) is 0 Å². The van der Waals surface area contributed by atoms with Crippen LogP contribution in [0.4, 0.5) is 26.3 Å². The summed E-state index contributed by atoms with van der Waals surface area (Å²) in [7, 11) is 0. The predicted octanol–water partition coefficient (Wildman–Crippen LogP) is 5.08. The zero-order chi connectivity index (χ0) is 16.2. The van der Waals surface area contributed by atoms with Crippen LogP contribution in [0.15, 0.2) is 0 Å². The molecular formula is C13H22F6O. The Balaban J connectivity index is 4.54. The minimum absolute atomic E-state index is 0.237. The minimum atomic E-state index is -5.71. The van der Waals surface area contributed by atoms with Gasteiger partial charge < -0.3 is 5.11 Å². The number of halogens is 6. The molecule has 0 aromatic rings. The van der Waals surface area contributed by atoms with E-state index in [1.165, 1.54) is 6.92 Å². The fourth-order valence-corrected chi connectivity index (χ4v) is 2.04. The molecular weight excluding hydrogens is 286 g/mol. The van der Waals surface area contributed by atoms with Gasteiger partial charge in [0.25, 0.3) is 5.60 Å². The Morgan fingerprint density at radius 1 is 0.800 bits per heavy atom.